The molecule has 2 nitrogen and oxygen atoms in total. The van der Waals surface area contributed by atoms with E-state index in [1.54, 1.807) is 13.8 Å². The Morgan fingerprint density at radius 2 is 1.93 bits per heavy atom. The lowest BCUT2D eigenvalue weighted by molar-refractivity contribution is 0.309. The Morgan fingerprint density at radius 1 is 1.36 bits per heavy atom. The minimum atomic E-state index is -2.96. The van der Waals surface area contributed by atoms with Gasteiger partial charge in [-0.05, 0) is 16.8 Å². The summed E-state index contributed by atoms with van der Waals surface area (Å²) in [6.07, 6.45) is 0. The second-order valence-corrected chi connectivity index (χ2v) is 7.12. The average Bonchev–Trinajstić information content (AvgIpc) is 2.16. The minimum Gasteiger partial charge on any atom is -0.313 e. The molecule has 0 aromatic heterocycles. The van der Waals surface area contributed by atoms with Gasteiger partial charge in [0.2, 0.25) is 0 Å². The number of benzene rings is 1. The van der Waals surface area contributed by atoms with Crippen LogP contribution < -0.4 is 0 Å². The summed E-state index contributed by atoms with van der Waals surface area (Å²) in [6, 6.07) is 9.57. The largest absolute Gasteiger partial charge is 0.313 e. The fraction of sp³-hybridized carbons (Fsp3) is 0.400. The van der Waals surface area contributed by atoms with Crippen molar-refractivity contribution < 1.29 is 9.09 Å². The lowest BCUT2D eigenvalue weighted by atomic mass is 10.2. The van der Waals surface area contributed by atoms with E-state index in [4.69, 9.17) is 15.8 Å². The van der Waals surface area contributed by atoms with Crippen LogP contribution in [0.3, 0.4) is 0 Å². The first-order valence-electron chi connectivity index (χ1n) is 4.50. The summed E-state index contributed by atoms with van der Waals surface area (Å²) in [5, 5.41) is 0. The Labute approximate surface area is 89.5 Å². The molecule has 1 aromatic carbocycles. The van der Waals surface area contributed by atoms with E-state index in [-0.39, 0.29) is 5.66 Å². The third-order valence-corrected chi connectivity index (χ3v) is 5.05. The number of rotatable bonds is 4. The van der Waals surface area contributed by atoms with Gasteiger partial charge in [0.1, 0.15) is 0 Å². The zero-order chi connectivity index (χ0) is 10.6. The highest BCUT2D eigenvalue weighted by atomic mass is 35.7. The van der Waals surface area contributed by atoms with Crippen molar-refractivity contribution in [2.75, 3.05) is 0 Å². The van der Waals surface area contributed by atoms with Crippen molar-refractivity contribution in [3.8, 4) is 0 Å². The van der Waals surface area contributed by atoms with Crippen molar-refractivity contribution in [1.29, 1.82) is 0 Å². The van der Waals surface area contributed by atoms with E-state index in [0.717, 1.165) is 5.56 Å². The number of hydrogen-bond donors (Lipinski definition) is 0. The molecule has 0 aliphatic heterocycles. The molecule has 1 atom stereocenters. The molecule has 0 bridgehead atoms. The standard InChI is InChI=1S/C10H14ClO2P/c1-9(2)14(11,12)13-8-10-6-4-3-5-7-10/h3-7,9H,8H2,1-2H3. The maximum absolute atomic E-state index is 11.6. The summed E-state index contributed by atoms with van der Waals surface area (Å²) in [6.45, 7) is 0.929. The van der Waals surface area contributed by atoms with Gasteiger partial charge in [0, 0.05) is 5.66 Å². The van der Waals surface area contributed by atoms with E-state index in [0.29, 0.717) is 6.61 Å². The van der Waals surface area contributed by atoms with Crippen LogP contribution in [0.25, 0.3) is 0 Å². The zero-order valence-electron chi connectivity index (χ0n) is 8.31. The number of halogens is 1. The van der Waals surface area contributed by atoms with Gasteiger partial charge < -0.3 is 4.52 Å². The Hall–Kier alpha value is -0.300. The molecule has 0 radical (unpaired) electrons. The molecule has 0 fully saturated rings. The molecule has 0 heterocycles. The molecule has 1 rings (SSSR count). The van der Waals surface area contributed by atoms with E-state index in [9.17, 15) is 4.57 Å². The third-order valence-electron chi connectivity index (χ3n) is 1.87. The highest BCUT2D eigenvalue weighted by Gasteiger charge is 2.24. The molecule has 1 aromatic rings. The second kappa shape index (κ2) is 4.97. The second-order valence-electron chi connectivity index (χ2n) is 3.37. The molecular formula is C10H14ClO2P. The van der Waals surface area contributed by atoms with Gasteiger partial charge in [-0.15, -0.1) is 0 Å². The maximum Gasteiger partial charge on any atom is 0.292 e. The van der Waals surface area contributed by atoms with Crippen LogP contribution in [0.4, 0.5) is 0 Å². The SMILES string of the molecule is CC(C)P(=O)(Cl)OCc1ccccc1. The fourth-order valence-corrected chi connectivity index (χ4v) is 1.66. The van der Waals surface area contributed by atoms with Crippen LogP contribution >= 0.6 is 18.0 Å². The number of hydrogen-bond acceptors (Lipinski definition) is 2. The van der Waals surface area contributed by atoms with Crippen molar-refractivity contribution in [3.05, 3.63) is 35.9 Å². The Morgan fingerprint density at radius 3 is 2.43 bits per heavy atom. The van der Waals surface area contributed by atoms with Gasteiger partial charge in [-0.1, -0.05) is 44.2 Å². The molecule has 0 saturated heterocycles. The van der Waals surface area contributed by atoms with E-state index >= 15 is 0 Å². The molecule has 14 heavy (non-hydrogen) atoms. The lowest BCUT2D eigenvalue weighted by Gasteiger charge is -2.14. The fourth-order valence-electron chi connectivity index (χ4n) is 0.886. The normalized spacial score (nSPS) is 15.4. The summed E-state index contributed by atoms with van der Waals surface area (Å²) in [4.78, 5) is 0. The quantitative estimate of drug-likeness (QED) is 0.733. The molecule has 0 amide bonds. The van der Waals surface area contributed by atoms with Crippen molar-refractivity contribution in [2.24, 2.45) is 0 Å². The molecular weight excluding hydrogens is 219 g/mol. The predicted octanol–water partition coefficient (Wildman–Crippen LogP) is 4.04. The summed E-state index contributed by atoms with van der Waals surface area (Å²) >= 11 is 5.75. The van der Waals surface area contributed by atoms with Crippen LogP contribution in [0.5, 0.6) is 0 Å². The first-order valence-corrected chi connectivity index (χ1v) is 7.10. The highest BCUT2D eigenvalue weighted by molar-refractivity contribution is 7.85. The lowest BCUT2D eigenvalue weighted by Crippen LogP contribution is -1.97. The zero-order valence-corrected chi connectivity index (χ0v) is 9.96. The Bertz CT molecular complexity index is 324. The van der Waals surface area contributed by atoms with Crippen LogP contribution in [0.1, 0.15) is 19.4 Å². The van der Waals surface area contributed by atoms with Crippen molar-refractivity contribution in [2.45, 2.75) is 26.1 Å². The van der Waals surface area contributed by atoms with E-state index < -0.39 is 6.72 Å². The topological polar surface area (TPSA) is 26.3 Å². The maximum atomic E-state index is 11.6. The van der Waals surface area contributed by atoms with Gasteiger partial charge in [0.25, 0.3) is 6.72 Å². The highest BCUT2D eigenvalue weighted by Crippen LogP contribution is 2.57. The van der Waals surface area contributed by atoms with Gasteiger partial charge in [0.15, 0.2) is 0 Å². The van der Waals surface area contributed by atoms with Crippen LogP contribution in [0, 0.1) is 0 Å². The molecule has 0 spiro atoms. The first-order chi connectivity index (χ1) is 6.52. The van der Waals surface area contributed by atoms with E-state index in [2.05, 4.69) is 0 Å². The molecule has 78 valence electrons. The molecule has 0 aliphatic rings. The first kappa shape index (κ1) is 11.8. The summed E-state index contributed by atoms with van der Waals surface area (Å²) in [5.74, 6) is 0. The van der Waals surface area contributed by atoms with Crippen molar-refractivity contribution in [3.63, 3.8) is 0 Å². The average molecular weight is 233 g/mol. The van der Waals surface area contributed by atoms with Crippen LogP contribution in [-0.2, 0) is 15.7 Å². The predicted molar refractivity (Wildman–Crippen MR) is 59.8 cm³/mol. The van der Waals surface area contributed by atoms with Gasteiger partial charge in [-0.2, -0.15) is 0 Å². The van der Waals surface area contributed by atoms with Crippen LogP contribution in [-0.4, -0.2) is 5.66 Å². The van der Waals surface area contributed by atoms with E-state index in [1.807, 2.05) is 30.3 Å². The van der Waals surface area contributed by atoms with Gasteiger partial charge in [0.05, 0.1) is 6.61 Å². The van der Waals surface area contributed by atoms with Gasteiger partial charge in [-0.3, -0.25) is 4.57 Å². The summed E-state index contributed by atoms with van der Waals surface area (Å²) in [5.41, 5.74) is 0.835. The van der Waals surface area contributed by atoms with Gasteiger partial charge in [-0.25, -0.2) is 0 Å². The smallest absolute Gasteiger partial charge is 0.292 e. The molecule has 0 N–H and O–H groups in total. The Kier molecular flexibility index (Phi) is 4.18. The Balaban J connectivity index is 2.54. The van der Waals surface area contributed by atoms with Gasteiger partial charge >= 0.3 is 0 Å². The summed E-state index contributed by atoms with van der Waals surface area (Å²) < 4.78 is 16.8. The minimum absolute atomic E-state index is 0.145. The summed E-state index contributed by atoms with van der Waals surface area (Å²) in [7, 11) is 0. The van der Waals surface area contributed by atoms with Crippen molar-refractivity contribution in [1.82, 2.24) is 0 Å². The van der Waals surface area contributed by atoms with Crippen molar-refractivity contribution >= 4 is 18.0 Å². The van der Waals surface area contributed by atoms with E-state index in [1.165, 1.54) is 0 Å². The van der Waals surface area contributed by atoms with Crippen LogP contribution in [0.15, 0.2) is 30.3 Å². The monoisotopic (exact) mass is 232 g/mol. The molecule has 0 saturated carbocycles. The third kappa shape index (κ3) is 3.45. The molecule has 1 unspecified atom stereocenters. The molecule has 4 heteroatoms. The molecule has 0 aliphatic carbocycles. The van der Waals surface area contributed by atoms with Crippen LogP contribution in [0.2, 0.25) is 0 Å².